The molecule has 0 aliphatic heterocycles. The molecule has 0 saturated heterocycles. The fraction of sp³-hybridized carbons (Fsp3) is 0.429. The highest BCUT2D eigenvalue weighted by atomic mass is 16.5. The average molecular weight is 288 g/mol. The largest absolute Gasteiger partial charge is 0.463 e. The van der Waals surface area contributed by atoms with Gasteiger partial charge in [-0.3, -0.25) is 4.98 Å². The summed E-state index contributed by atoms with van der Waals surface area (Å²) in [7, 11) is 3.76. The molecule has 7 heteroatoms. The van der Waals surface area contributed by atoms with Gasteiger partial charge in [0.1, 0.15) is 0 Å². The third-order valence-electron chi connectivity index (χ3n) is 2.65. The Hall–Kier alpha value is -2.44. The van der Waals surface area contributed by atoms with E-state index in [0.29, 0.717) is 30.9 Å². The van der Waals surface area contributed by atoms with Gasteiger partial charge in [0, 0.05) is 39.0 Å². The van der Waals surface area contributed by atoms with E-state index in [9.17, 15) is 0 Å². The lowest BCUT2D eigenvalue weighted by molar-refractivity contribution is 0.294. The third kappa shape index (κ3) is 4.55. The Morgan fingerprint density at radius 2 is 2.05 bits per heavy atom. The van der Waals surface area contributed by atoms with Crippen molar-refractivity contribution in [2.24, 2.45) is 0 Å². The van der Waals surface area contributed by atoms with Crippen LogP contribution in [0.15, 0.2) is 24.4 Å². The Labute approximate surface area is 124 Å². The van der Waals surface area contributed by atoms with Crippen LogP contribution in [0.4, 0.5) is 11.9 Å². The highest BCUT2D eigenvalue weighted by molar-refractivity contribution is 5.36. The van der Waals surface area contributed by atoms with Crippen molar-refractivity contribution < 1.29 is 4.74 Å². The minimum atomic E-state index is 0.320. The minimum Gasteiger partial charge on any atom is -0.463 e. The quantitative estimate of drug-likeness (QED) is 0.825. The Balaban J connectivity index is 2.01. The molecule has 1 N–H and O–H groups in total. The first kappa shape index (κ1) is 15.0. The lowest BCUT2D eigenvalue weighted by atomic mass is 10.3. The standard InChI is InChI=1S/C14H20N6O/c1-4-15-12-17-13(20(2)3)19-14(18-12)21-10-8-11-7-5-6-9-16-11/h5-7,9H,4,8,10H2,1-3H3,(H,15,17,18,19). The van der Waals surface area contributed by atoms with E-state index < -0.39 is 0 Å². The van der Waals surface area contributed by atoms with Crippen LogP contribution in [-0.4, -0.2) is 47.2 Å². The second-order valence-corrected chi connectivity index (χ2v) is 4.59. The van der Waals surface area contributed by atoms with Gasteiger partial charge in [0.05, 0.1) is 6.61 Å². The molecule has 0 saturated carbocycles. The average Bonchev–Trinajstić information content (AvgIpc) is 2.48. The minimum absolute atomic E-state index is 0.320. The van der Waals surface area contributed by atoms with Crippen molar-refractivity contribution in [3.05, 3.63) is 30.1 Å². The zero-order valence-corrected chi connectivity index (χ0v) is 12.6. The van der Waals surface area contributed by atoms with Gasteiger partial charge in [-0.2, -0.15) is 15.0 Å². The number of nitrogens with zero attached hydrogens (tertiary/aromatic N) is 5. The van der Waals surface area contributed by atoms with Crippen LogP contribution in [0.1, 0.15) is 12.6 Å². The fourth-order valence-corrected chi connectivity index (χ4v) is 1.64. The monoisotopic (exact) mass is 288 g/mol. The van der Waals surface area contributed by atoms with Gasteiger partial charge in [-0.05, 0) is 19.1 Å². The normalized spacial score (nSPS) is 10.2. The maximum Gasteiger partial charge on any atom is 0.323 e. The number of hydrogen-bond acceptors (Lipinski definition) is 7. The number of nitrogens with one attached hydrogen (secondary N) is 1. The molecule has 0 aromatic carbocycles. The summed E-state index contributed by atoms with van der Waals surface area (Å²) < 4.78 is 5.62. The molecule has 0 amide bonds. The molecular formula is C14H20N6O. The summed E-state index contributed by atoms with van der Waals surface area (Å²) in [5.41, 5.74) is 0.978. The summed E-state index contributed by atoms with van der Waals surface area (Å²) >= 11 is 0. The Bertz CT molecular complexity index is 561. The van der Waals surface area contributed by atoms with Gasteiger partial charge in [-0.25, -0.2) is 0 Å². The van der Waals surface area contributed by atoms with Crippen molar-refractivity contribution in [2.75, 3.05) is 37.5 Å². The van der Waals surface area contributed by atoms with E-state index in [2.05, 4.69) is 25.3 Å². The van der Waals surface area contributed by atoms with Crippen LogP contribution < -0.4 is 15.0 Å². The second kappa shape index (κ2) is 7.37. The molecule has 7 nitrogen and oxygen atoms in total. The summed E-state index contributed by atoms with van der Waals surface area (Å²) in [6, 6.07) is 6.13. The predicted molar refractivity (Wildman–Crippen MR) is 81.8 cm³/mol. The van der Waals surface area contributed by atoms with E-state index in [-0.39, 0.29) is 0 Å². The van der Waals surface area contributed by atoms with Crippen LogP contribution in [0, 0.1) is 0 Å². The first-order valence-electron chi connectivity index (χ1n) is 6.89. The first-order chi connectivity index (χ1) is 10.2. The Morgan fingerprint density at radius 3 is 2.71 bits per heavy atom. The fourth-order valence-electron chi connectivity index (χ4n) is 1.64. The van der Waals surface area contributed by atoms with E-state index in [1.807, 2.05) is 44.1 Å². The van der Waals surface area contributed by atoms with Crippen molar-refractivity contribution >= 4 is 11.9 Å². The van der Waals surface area contributed by atoms with Gasteiger partial charge >= 0.3 is 6.01 Å². The molecule has 0 unspecified atom stereocenters. The molecule has 0 spiro atoms. The van der Waals surface area contributed by atoms with Gasteiger partial charge in [-0.1, -0.05) is 6.07 Å². The van der Waals surface area contributed by atoms with Crippen molar-refractivity contribution in [1.82, 2.24) is 19.9 Å². The van der Waals surface area contributed by atoms with Crippen molar-refractivity contribution in [1.29, 1.82) is 0 Å². The summed E-state index contributed by atoms with van der Waals surface area (Å²) in [6.07, 6.45) is 2.48. The van der Waals surface area contributed by atoms with Gasteiger partial charge < -0.3 is 15.0 Å². The number of pyridine rings is 1. The van der Waals surface area contributed by atoms with Crippen molar-refractivity contribution in [3.63, 3.8) is 0 Å². The van der Waals surface area contributed by atoms with Crippen molar-refractivity contribution in [3.8, 4) is 6.01 Å². The number of hydrogen-bond donors (Lipinski definition) is 1. The summed E-state index contributed by atoms with van der Waals surface area (Å²) in [6.45, 7) is 3.20. The van der Waals surface area contributed by atoms with Gasteiger partial charge in [0.2, 0.25) is 11.9 Å². The smallest absolute Gasteiger partial charge is 0.323 e. The van der Waals surface area contributed by atoms with Crippen LogP contribution in [0.25, 0.3) is 0 Å². The summed E-state index contributed by atoms with van der Waals surface area (Å²) in [5.74, 6) is 1.08. The third-order valence-corrected chi connectivity index (χ3v) is 2.65. The van der Waals surface area contributed by atoms with E-state index in [1.54, 1.807) is 6.20 Å². The SMILES string of the molecule is CCNc1nc(OCCc2ccccn2)nc(N(C)C)n1. The number of aromatic nitrogens is 4. The Morgan fingerprint density at radius 1 is 1.19 bits per heavy atom. The number of anilines is 2. The van der Waals surface area contributed by atoms with Gasteiger partial charge in [-0.15, -0.1) is 0 Å². The number of rotatable bonds is 7. The first-order valence-corrected chi connectivity index (χ1v) is 6.89. The molecule has 2 heterocycles. The van der Waals surface area contributed by atoms with Gasteiger partial charge in [0.15, 0.2) is 0 Å². The van der Waals surface area contributed by atoms with Crippen LogP contribution in [0.5, 0.6) is 6.01 Å². The molecular weight excluding hydrogens is 268 g/mol. The zero-order chi connectivity index (χ0) is 15.1. The van der Waals surface area contributed by atoms with Crippen molar-refractivity contribution in [2.45, 2.75) is 13.3 Å². The molecule has 0 fully saturated rings. The highest BCUT2D eigenvalue weighted by Gasteiger charge is 2.08. The second-order valence-electron chi connectivity index (χ2n) is 4.59. The van der Waals surface area contributed by atoms with Crippen LogP contribution >= 0.6 is 0 Å². The molecule has 21 heavy (non-hydrogen) atoms. The topological polar surface area (TPSA) is 76.1 Å². The van der Waals surface area contributed by atoms with E-state index in [0.717, 1.165) is 12.2 Å². The molecule has 2 rings (SSSR count). The zero-order valence-electron chi connectivity index (χ0n) is 12.6. The molecule has 0 radical (unpaired) electrons. The molecule has 112 valence electrons. The van der Waals surface area contributed by atoms with Crippen LogP contribution in [-0.2, 0) is 6.42 Å². The molecule has 0 atom stereocenters. The molecule has 2 aromatic heterocycles. The van der Waals surface area contributed by atoms with Crippen LogP contribution in [0.3, 0.4) is 0 Å². The predicted octanol–water partition coefficient (Wildman–Crippen LogP) is 1.39. The summed E-state index contributed by atoms with van der Waals surface area (Å²) in [4.78, 5) is 18.9. The van der Waals surface area contributed by atoms with E-state index >= 15 is 0 Å². The van der Waals surface area contributed by atoms with Gasteiger partial charge in [0.25, 0.3) is 0 Å². The lowest BCUT2D eigenvalue weighted by Gasteiger charge is -2.13. The molecule has 2 aromatic rings. The highest BCUT2D eigenvalue weighted by Crippen LogP contribution is 2.13. The van der Waals surface area contributed by atoms with E-state index in [1.165, 1.54) is 0 Å². The maximum absolute atomic E-state index is 5.62. The summed E-state index contributed by atoms with van der Waals surface area (Å²) in [5, 5.41) is 3.07. The Kier molecular flexibility index (Phi) is 5.25. The van der Waals surface area contributed by atoms with E-state index in [4.69, 9.17) is 4.74 Å². The van der Waals surface area contributed by atoms with Crippen LogP contribution in [0.2, 0.25) is 0 Å². The maximum atomic E-state index is 5.62. The lowest BCUT2D eigenvalue weighted by Crippen LogP contribution is -2.16. The molecule has 0 aliphatic rings. The molecule has 0 aliphatic carbocycles. The number of ether oxygens (including phenoxy) is 1. The molecule has 0 bridgehead atoms.